The van der Waals surface area contributed by atoms with Gasteiger partial charge in [-0.1, -0.05) is 6.07 Å². The lowest BCUT2D eigenvalue weighted by molar-refractivity contribution is -0.143. The lowest BCUT2D eigenvalue weighted by Crippen LogP contribution is -2.06. The Morgan fingerprint density at radius 1 is 1.06 bits per heavy atom. The highest BCUT2D eigenvalue weighted by atomic mass is 32.2. The third-order valence-electron chi connectivity index (χ3n) is 5.49. The number of halogens is 1. The van der Waals surface area contributed by atoms with E-state index in [0.29, 0.717) is 47.5 Å². The highest BCUT2D eigenvalue weighted by Crippen LogP contribution is 2.29. The van der Waals surface area contributed by atoms with E-state index in [0.717, 1.165) is 22.9 Å². The highest BCUT2D eigenvalue weighted by Gasteiger charge is 2.14. The van der Waals surface area contributed by atoms with Gasteiger partial charge in [0.25, 0.3) is 10.1 Å². The van der Waals surface area contributed by atoms with Gasteiger partial charge in [0.15, 0.2) is 0 Å². The van der Waals surface area contributed by atoms with Gasteiger partial charge >= 0.3 is 5.97 Å². The van der Waals surface area contributed by atoms with E-state index >= 15 is 0 Å². The summed E-state index contributed by atoms with van der Waals surface area (Å²) < 4.78 is 58.1. The Labute approximate surface area is 198 Å². The van der Waals surface area contributed by atoms with Crippen LogP contribution < -0.4 is 4.74 Å². The van der Waals surface area contributed by atoms with Crippen molar-refractivity contribution >= 4 is 27.1 Å². The molecule has 0 radical (unpaired) electrons. The number of ether oxygens (including phenoxy) is 2. The van der Waals surface area contributed by atoms with Crippen LogP contribution in [0.4, 0.5) is 4.39 Å². The Morgan fingerprint density at radius 3 is 2.53 bits per heavy atom. The van der Waals surface area contributed by atoms with Crippen LogP contribution in [0.3, 0.4) is 0 Å². The van der Waals surface area contributed by atoms with Crippen LogP contribution >= 0.6 is 0 Å². The fourth-order valence-electron chi connectivity index (χ4n) is 3.67. The molecule has 3 rings (SSSR count). The summed E-state index contributed by atoms with van der Waals surface area (Å²) in [4.78, 5) is 11.7. The molecule has 0 aliphatic carbocycles. The largest absolute Gasteiger partial charge is 0.488 e. The first-order valence-corrected chi connectivity index (χ1v) is 12.8. The number of aryl methyl sites for hydroxylation is 1. The first-order valence-electron chi connectivity index (χ1n) is 11.0. The molecule has 9 heteroatoms. The number of carbonyl (C=O) groups is 1. The lowest BCUT2D eigenvalue weighted by atomic mass is 9.99. The van der Waals surface area contributed by atoms with E-state index in [9.17, 15) is 17.6 Å². The molecule has 0 saturated heterocycles. The summed E-state index contributed by atoms with van der Waals surface area (Å²) in [6.45, 7) is 6.08. The van der Waals surface area contributed by atoms with Crippen LogP contribution in [0.15, 0.2) is 34.7 Å². The predicted octanol–water partition coefficient (Wildman–Crippen LogP) is 4.78. The molecular weight excluding hydrogens is 463 g/mol. The van der Waals surface area contributed by atoms with Gasteiger partial charge in [-0.2, -0.15) is 8.42 Å². The van der Waals surface area contributed by atoms with Gasteiger partial charge < -0.3 is 13.9 Å². The quantitative estimate of drug-likeness (QED) is 0.281. The smallest absolute Gasteiger partial charge is 0.306 e. The number of hydrogen-bond acceptors (Lipinski definition) is 7. The predicted molar refractivity (Wildman–Crippen MR) is 126 cm³/mol. The molecule has 0 atom stereocenters. The second-order valence-electron chi connectivity index (χ2n) is 8.04. The van der Waals surface area contributed by atoms with Gasteiger partial charge in [0, 0.05) is 23.8 Å². The Bertz CT molecular complexity index is 1280. The zero-order valence-electron chi connectivity index (χ0n) is 19.8. The topological polar surface area (TPSA) is 92.0 Å². The fraction of sp³-hybridized carbons (Fsp3) is 0.400. The van der Waals surface area contributed by atoms with E-state index in [-0.39, 0.29) is 25.6 Å². The van der Waals surface area contributed by atoms with Crippen LogP contribution in [-0.4, -0.2) is 33.9 Å². The normalized spacial score (nSPS) is 11.7. The molecule has 1 heterocycles. The number of carbonyl (C=O) groups excluding carboxylic acids is 1. The minimum atomic E-state index is -3.54. The number of esters is 1. The Balaban J connectivity index is 1.73. The molecule has 0 fully saturated rings. The van der Waals surface area contributed by atoms with Gasteiger partial charge in [0.05, 0.1) is 19.5 Å². The van der Waals surface area contributed by atoms with E-state index in [1.807, 2.05) is 26.0 Å². The van der Waals surface area contributed by atoms with Crippen molar-refractivity contribution in [2.75, 3.05) is 19.5 Å². The Kier molecular flexibility index (Phi) is 8.33. The van der Waals surface area contributed by atoms with Gasteiger partial charge in [0.1, 0.15) is 29.5 Å². The Morgan fingerprint density at radius 2 is 1.82 bits per heavy atom. The van der Waals surface area contributed by atoms with Gasteiger partial charge in [-0.15, -0.1) is 0 Å². The summed E-state index contributed by atoms with van der Waals surface area (Å²) in [6.07, 6.45) is 2.10. The molecule has 0 N–H and O–H groups in total. The summed E-state index contributed by atoms with van der Waals surface area (Å²) in [7, 11) is -3.54. The summed E-state index contributed by atoms with van der Waals surface area (Å²) in [5.41, 5.74) is 4.02. The molecule has 7 nitrogen and oxygen atoms in total. The second kappa shape index (κ2) is 11.0. The number of furan rings is 1. The van der Waals surface area contributed by atoms with Crippen molar-refractivity contribution in [2.45, 2.75) is 46.6 Å². The van der Waals surface area contributed by atoms with E-state index in [2.05, 4.69) is 0 Å². The maximum atomic E-state index is 14.2. The van der Waals surface area contributed by atoms with Crippen LogP contribution in [0.1, 0.15) is 41.4 Å². The SMILES string of the molecule is CCOC(=O)CCc1ccc(OCc2cc(F)cc3cc(CCOS(C)(=O)=O)oc23)c(C)c1C. The molecule has 0 aliphatic rings. The molecule has 0 unspecified atom stereocenters. The minimum absolute atomic E-state index is 0.0616. The molecule has 0 bridgehead atoms. The van der Waals surface area contributed by atoms with Crippen LogP contribution in [0.2, 0.25) is 0 Å². The second-order valence-corrected chi connectivity index (χ2v) is 9.68. The fourth-order valence-corrected chi connectivity index (χ4v) is 4.05. The van der Waals surface area contributed by atoms with Crippen molar-refractivity contribution in [3.05, 3.63) is 64.2 Å². The van der Waals surface area contributed by atoms with Gasteiger partial charge in [-0.25, -0.2) is 4.39 Å². The third kappa shape index (κ3) is 6.80. The maximum Gasteiger partial charge on any atom is 0.306 e. The molecule has 3 aromatic rings. The molecule has 0 spiro atoms. The number of fused-ring (bicyclic) bond motifs is 1. The molecule has 0 amide bonds. The molecule has 1 aromatic heterocycles. The van der Waals surface area contributed by atoms with Gasteiger partial charge in [-0.3, -0.25) is 8.98 Å². The van der Waals surface area contributed by atoms with Crippen molar-refractivity contribution < 1.29 is 35.7 Å². The van der Waals surface area contributed by atoms with Crippen molar-refractivity contribution in [3.8, 4) is 5.75 Å². The van der Waals surface area contributed by atoms with Crippen molar-refractivity contribution in [2.24, 2.45) is 0 Å². The van der Waals surface area contributed by atoms with E-state index in [1.165, 1.54) is 12.1 Å². The Hall–Kier alpha value is -2.91. The first-order chi connectivity index (χ1) is 16.1. The van der Waals surface area contributed by atoms with Crippen LogP contribution in [0.5, 0.6) is 5.75 Å². The number of hydrogen-bond donors (Lipinski definition) is 0. The average Bonchev–Trinajstić information content (AvgIpc) is 3.15. The third-order valence-corrected chi connectivity index (χ3v) is 6.09. The summed E-state index contributed by atoms with van der Waals surface area (Å²) in [5.74, 6) is 0.496. The molecule has 184 valence electrons. The van der Waals surface area contributed by atoms with Crippen molar-refractivity contribution in [3.63, 3.8) is 0 Å². The number of benzene rings is 2. The summed E-state index contributed by atoms with van der Waals surface area (Å²) >= 11 is 0. The summed E-state index contributed by atoms with van der Waals surface area (Å²) in [5, 5.41) is 0.565. The zero-order valence-corrected chi connectivity index (χ0v) is 20.6. The summed E-state index contributed by atoms with van der Waals surface area (Å²) in [6, 6.07) is 8.15. The van der Waals surface area contributed by atoms with E-state index in [4.69, 9.17) is 18.1 Å². The van der Waals surface area contributed by atoms with Crippen molar-refractivity contribution in [1.82, 2.24) is 0 Å². The van der Waals surface area contributed by atoms with Crippen LogP contribution in [0.25, 0.3) is 11.0 Å². The first kappa shape index (κ1) is 25.7. The zero-order chi connectivity index (χ0) is 24.9. The standard InChI is InChI=1S/C25H29FO7S/c1-5-30-24(27)9-7-18-6-8-23(17(3)16(18)2)31-15-20-13-21(26)12-19-14-22(33-25(19)20)10-11-32-34(4,28)29/h6,8,12-14H,5,7,9-11,15H2,1-4H3. The van der Waals surface area contributed by atoms with E-state index in [1.54, 1.807) is 13.0 Å². The highest BCUT2D eigenvalue weighted by molar-refractivity contribution is 7.85. The van der Waals surface area contributed by atoms with Crippen molar-refractivity contribution in [1.29, 1.82) is 0 Å². The molecule has 2 aromatic carbocycles. The molecule has 0 aliphatic heterocycles. The number of rotatable bonds is 11. The monoisotopic (exact) mass is 492 g/mol. The van der Waals surface area contributed by atoms with Gasteiger partial charge in [-0.05, 0) is 68.1 Å². The average molecular weight is 493 g/mol. The molecule has 34 heavy (non-hydrogen) atoms. The van der Waals surface area contributed by atoms with Crippen LogP contribution in [0, 0.1) is 19.7 Å². The maximum absolute atomic E-state index is 14.2. The van der Waals surface area contributed by atoms with Gasteiger partial charge in [0.2, 0.25) is 0 Å². The van der Waals surface area contributed by atoms with E-state index < -0.39 is 15.9 Å². The lowest BCUT2D eigenvalue weighted by Gasteiger charge is -2.15. The minimum Gasteiger partial charge on any atom is -0.488 e. The molecular formula is C25H29FO7S. The molecule has 0 saturated carbocycles. The van der Waals surface area contributed by atoms with Crippen LogP contribution in [-0.2, 0) is 43.3 Å².